The summed E-state index contributed by atoms with van der Waals surface area (Å²) in [7, 11) is 0. The summed E-state index contributed by atoms with van der Waals surface area (Å²) in [5.74, 6) is 0.486. The Morgan fingerprint density at radius 3 is 2.24 bits per heavy atom. The third-order valence-corrected chi connectivity index (χ3v) is 7.61. The smallest absolute Gasteiger partial charge is 0.243 e. The van der Waals surface area contributed by atoms with E-state index in [0.717, 1.165) is 21.8 Å². The van der Waals surface area contributed by atoms with Crippen molar-refractivity contribution in [3.8, 4) is 0 Å². The van der Waals surface area contributed by atoms with Gasteiger partial charge < -0.3 is 10.2 Å². The highest BCUT2D eigenvalue weighted by atomic mass is 35.5. The monoisotopic (exact) mass is 576 g/mol. The lowest BCUT2D eigenvalue weighted by molar-refractivity contribution is -0.141. The Morgan fingerprint density at radius 1 is 0.919 bits per heavy atom. The van der Waals surface area contributed by atoms with E-state index < -0.39 is 6.04 Å². The van der Waals surface area contributed by atoms with Crippen LogP contribution in [0.3, 0.4) is 0 Å². The summed E-state index contributed by atoms with van der Waals surface area (Å²) in [4.78, 5) is 29.8. The molecule has 196 valence electrons. The number of carbonyl (C=O) groups excluding carboxylic acids is 2. The summed E-state index contributed by atoms with van der Waals surface area (Å²) in [5, 5.41) is 4.68. The molecule has 0 aliphatic rings. The van der Waals surface area contributed by atoms with Gasteiger partial charge in [0, 0.05) is 45.4 Å². The number of carbonyl (C=O) groups is 2. The average molecular weight is 578 g/mol. The predicted octanol–water partition coefficient (Wildman–Crippen LogP) is 7.68. The maximum Gasteiger partial charge on any atom is 0.243 e. The van der Waals surface area contributed by atoms with Gasteiger partial charge in [0.15, 0.2) is 0 Å². The van der Waals surface area contributed by atoms with Crippen molar-refractivity contribution in [1.82, 2.24) is 10.2 Å². The number of hydrogen-bond donors (Lipinski definition) is 1. The highest BCUT2D eigenvalue weighted by Crippen LogP contribution is 2.26. The highest BCUT2D eigenvalue weighted by Gasteiger charge is 2.30. The first-order valence-electron chi connectivity index (χ1n) is 12.2. The summed E-state index contributed by atoms with van der Waals surface area (Å²) in [5.41, 5.74) is 1.72. The van der Waals surface area contributed by atoms with E-state index in [9.17, 15) is 9.59 Å². The maximum atomic E-state index is 13.7. The summed E-state index contributed by atoms with van der Waals surface area (Å²) in [6, 6.07) is 21.8. The normalized spacial score (nSPS) is 11.8. The SMILES string of the molecule is CC(C)NC(=O)C(Cc1ccccc1)N(Cc1ccc(Cl)cc1Cl)C(=O)CCCSc1ccc(Cl)cc1. The van der Waals surface area contributed by atoms with E-state index in [1.165, 1.54) is 0 Å². The van der Waals surface area contributed by atoms with E-state index in [-0.39, 0.29) is 24.4 Å². The second-order valence-corrected chi connectivity index (χ2v) is 11.5. The van der Waals surface area contributed by atoms with Gasteiger partial charge in [-0.05, 0) is 73.5 Å². The van der Waals surface area contributed by atoms with Gasteiger partial charge in [-0.1, -0.05) is 71.2 Å². The second-order valence-electron chi connectivity index (χ2n) is 9.03. The van der Waals surface area contributed by atoms with Crippen molar-refractivity contribution in [2.45, 2.75) is 56.6 Å². The van der Waals surface area contributed by atoms with Crippen molar-refractivity contribution in [2.24, 2.45) is 0 Å². The maximum absolute atomic E-state index is 13.7. The van der Waals surface area contributed by atoms with Crippen molar-refractivity contribution in [3.63, 3.8) is 0 Å². The van der Waals surface area contributed by atoms with Crippen molar-refractivity contribution in [3.05, 3.63) is 99.0 Å². The zero-order valence-corrected chi connectivity index (χ0v) is 24.0. The first-order valence-corrected chi connectivity index (χ1v) is 14.3. The van der Waals surface area contributed by atoms with E-state index in [1.807, 2.05) is 68.4 Å². The molecule has 1 N–H and O–H groups in total. The van der Waals surface area contributed by atoms with E-state index in [1.54, 1.807) is 34.9 Å². The van der Waals surface area contributed by atoms with Crippen molar-refractivity contribution >= 4 is 58.4 Å². The Bertz CT molecular complexity index is 1170. The van der Waals surface area contributed by atoms with E-state index in [4.69, 9.17) is 34.8 Å². The molecular weight excluding hydrogens is 547 g/mol. The molecule has 37 heavy (non-hydrogen) atoms. The number of hydrogen-bond acceptors (Lipinski definition) is 3. The molecule has 3 aromatic rings. The lowest BCUT2D eigenvalue weighted by Gasteiger charge is -2.32. The van der Waals surface area contributed by atoms with Crippen LogP contribution in [0.5, 0.6) is 0 Å². The topological polar surface area (TPSA) is 49.4 Å². The molecule has 3 rings (SSSR count). The van der Waals surface area contributed by atoms with Crippen LogP contribution >= 0.6 is 46.6 Å². The molecule has 8 heteroatoms. The van der Waals surface area contributed by atoms with Crippen molar-refractivity contribution in [1.29, 1.82) is 0 Å². The fraction of sp³-hybridized carbons (Fsp3) is 0.310. The zero-order valence-electron chi connectivity index (χ0n) is 20.9. The van der Waals surface area contributed by atoms with Crippen LogP contribution in [0, 0.1) is 0 Å². The Morgan fingerprint density at radius 2 is 1.59 bits per heavy atom. The molecule has 4 nitrogen and oxygen atoms in total. The minimum Gasteiger partial charge on any atom is -0.352 e. The molecule has 2 amide bonds. The molecule has 0 radical (unpaired) electrons. The number of benzene rings is 3. The number of thioether (sulfide) groups is 1. The van der Waals surface area contributed by atoms with Crippen LogP contribution in [0.15, 0.2) is 77.7 Å². The summed E-state index contributed by atoms with van der Waals surface area (Å²) in [6.07, 6.45) is 1.38. The van der Waals surface area contributed by atoms with Crippen LogP contribution < -0.4 is 5.32 Å². The van der Waals surface area contributed by atoms with Gasteiger partial charge in [-0.2, -0.15) is 0 Å². The number of nitrogens with zero attached hydrogens (tertiary/aromatic N) is 1. The Hall–Kier alpha value is -2.18. The lowest BCUT2D eigenvalue weighted by atomic mass is 10.0. The number of nitrogens with one attached hydrogen (secondary N) is 1. The standard InChI is InChI=1S/C29H31Cl3N2O2S/c1-20(2)33-29(36)27(17-21-7-4-3-5-8-21)34(19-22-10-11-24(31)18-26(22)32)28(35)9-6-16-37-25-14-12-23(30)13-15-25/h3-5,7-8,10-15,18,20,27H,6,9,16-17,19H2,1-2H3,(H,33,36). The molecular formula is C29H31Cl3N2O2S. The fourth-order valence-corrected chi connectivity index (χ4v) is 5.30. The molecule has 0 saturated heterocycles. The quantitative estimate of drug-likeness (QED) is 0.177. The minimum absolute atomic E-state index is 0.0578. The third-order valence-electron chi connectivity index (χ3n) is 5.68. The molecule has 0 bridgehead atoms. The van der Waals surface area contributed by atoms with Gasteiger partial charge in [-0.25, -0.2) is 0 Å². The van der Waals surface area contributed by atoms with Gasteiger partial charge in [-0.3, -0.25) is 9.59 Å². The van der Waals surface area contributed by atoms with Gasteiger partial charge >= 0.3 is 0 Å². The Kier molecular flexibility index (Phi) is 11.7. The molecule has 3 aromatic carbocycles. The Labute approximate surface area is 238 Å². The Balaban J connectivity index is 1.81. The molecule has 1 atom stereocenters. The average Bonchev–Trinajstić information content (AvgIpc) is 2.86. The molecule has 0 heterocycles. The van der Waals surface area contributed by atoms with Crippen LogP contribution in [0.1, 0.15) is 37.8 Å². The molecule has 0 spiro atoms. The fourth-order valence-electron chi connectivity index (χ4n) is 3.86. The first-order chi connectivity index (χ1) is 17.7. The number of rotatable bonds is 12. The van der Waals surface area contributed by atoms with Crippen molar-refractivity contribution in [2.75, 3.05) is 5.75 Å². The number of amides is 2. The molecule has 0 aromatic heterocycles. The van der Waals surface area contributed by atoms with Crippen LogP contribution in [0.4, 0.5) is 0 Å². The molecule has 0 aliphatic carbocycles. The third kappa shape index (κ3) is 9.57. The predicted molar refractivity (Wildman–Crippen MR) is 156 cm³/mol. The van der Waals surface area contributed by atoms with Crippen molar-refractivity contribution < 1.29 is 9.59 Å². The highest BCUT2D eigenvalue weighted by molar-refractivity contribution is 7.99. The van der Waals surface area contributed by atoms with Crippen LogP contribution in [-0.4, -0.2) is 34.6 Å². The van der Waals surface area contributed by atoms with Gasteiger partial charge in [-0.15, -0.1) is 11.8 Å². The van der Waals surface area contributed by atoms with E-state index in [0.29, 0.717) is 34.3 Å². The molecule has 0 saturated carbocycles. The zero-order chi connectivity index (χ0) is 26.8. The van der Waals surface area contributed by atoms with Gasteiger partial charge in [0.2, 0.25) is 11.8 Å². The van der Waals surface area contributed by atoms with Gasteiger partial charge in [0.05, 0.1) is 0 Å². The van der Waals surface area contributed by atoms with Crippen LogP contribution in [0.2, 0.25) is 15.1 Å². The van der Waals surface area contributed by atoms with E-state index in [2.05, 4.69) is 5.32 Å². The summed E-state index contributed by atoms with van der Waals surface area (Å²) < 4.78 is 0. The minimum atomic E-state index is -0.687. The molecule has 0 aliphatic heterocycles. The summed E-state index contributed by atoms with van der Waals surface area (Å²) >= 11 is 20.2. The summed E-state index contributed by atoms with van der Waals surface area (Å²) in [6.45, 7) is 4.03. The largest absolute Gasteiger partial charge is 0.352 e. The second kappa shape index (κ2) is 14.7. The molecule has 0 fully saturated rings. The van der Waals surface area contributed by atoms with E-state index >= 15 is 0 Å². The van der Waals surface area contributed by atoms with Crippen LogP contribution in [-0.2, 0) is 22.6 Å². The lowest BCUT2D eigenvalue weighted by Crippen LogP contribution is -2.51. The molecule has 1 unspecified atom stereocenters. The van der Waals surface area contributed by atoms with Gasteiger partial charge in [0.25, 0.3) is 0 Å². The van der Waals surface area contributed by atoms with Gasteiger partial charge in [0.1, 0.15) is 6.04 Å². The first kappa shape index (κ1) is 29.4. The van der Waals surface area contributed by atoms with Crippen LogP contribution in [0.25, 0.3) is 0 Å². The number of halogens is 3.